The minimum absolute atomic E-state index is 0.892. The molecule has 0 aliphatic carbocycles. The smallest absolute Gasteiger partial charge is 0.138 e. The molecular formula is C28H20N4. The summed E-state index contributed by atoms with van der Waals surface area (Å²) in [4.78, 5) is 16.1. The summed E-state index contributed by atoms with van der Waals surface area (Å²) in [7, 11) is 0. The van der Waals surface area contributed by atoms with Crippen LogP contribution in [0.1, 0.15) is 11.1 Å². The number of rotatable bonds is 4. The first-order chi connectivity index (χ1) is 15.8. The highest BCUT2D eigenvalue weighted by Gasteiger charge is 2.05. The molecule has 0 radical (unpaired) electrons. The van der Waals surface area contributed by atoms with Crippen LogP contribution in [0.15, 0.2) is 97.1 Å². The number of aromatic nitrogens is 4. The van der Waals surface area contributed by atoms with Gasteiger partial charge in [0.1, 0.15) is 11.6 Å². The van der Waals surface area contributed by atoms with Gasteiger partial charge < -0.3 is 9.97 Å². The molecule has 4 heteroatoms. The van der Waals surface area contributed by atoms with Crippen LogP contribution >= 0.6 is 0 Å². The summed E-state index contributed by atoms with van der Waals surface area (Å²) in [5, 5.41) is 0. The standard InChI is InChI=1S/C28H20N4/c1-2-6-24-23(5-1)29-27(30-24)21-15-11-19(12-16-21)9-10-20-13-17-22(18-14-20)28-31-25-7-3-4-8-26(25)32-28/h1-18H,(H,29,30)(H,31,32)/b10-9+. The maximum absolute atomic E-state index is 4.67. The van der Waals surface area contributed by atoms with Gasteiger partial charge in [0.2, 0.25) is 0 Å². The van der Waals surface area contributed by atoms with E-state index in [-0.39, 0.29) is 0 Å². The number of imidazole rings is 2. The first-order valence-electron chi connectivity index (χ1n) is 10.6. The zero-order valence-corrected chi connectivity index (χ0v) is 17.3. The predicted molar refractivity (Wildman–Crippen MR) is 132 cm³/mol. The van der Waals surface area contributed by atoms with Gasteiger partial charge in [0.05, 0.1) is 22.1 Å². The Morgan fingerprint density at radius 3 is 1.28 bits per heavy atom. The van der Waals surface area contributed by atoms with E-state index in [2.05, 4.69) is 80.6 Å². The van der Waals surface area contributed by atoms with Crippen LogP contribution in [0.2, 0.25) is 0 Å². The Morgan fingerprint density at radius 1 is 0.469 bits per heavy atom. The first-order valence-corrected chi connectivity index (χ1v) is 10.6. The number of nitrogens with one attached hydrogen (secondary N) is 2. The molecule has 6 rings (SSSR count). The monoisotopic (exact) mass is 412 g/mol. The van der Waals surface area contributed by atoms with Crippen molar-refractivity contribution >= 4 is 34.2 Å². The van der Waals surface area contributed by atoms with E-state index in [9.17, 15) is 0 Å². The van der Waals surface area contributed by atoms with E-state index in [1.165, 1.54) is 0 Å². The van der Waals surface area contributed by atoms with Gasteiger partial charge in [0.25, 0.3) is 0 Å². The number of H-pyrrole nitrogens is 2. The van der Waals surface area contributed by atoms with Gasteiger partial charge in [-0.25, -0.2) is 9.97 Å². The number of benzene rings is 4. The minimum Gasteiger partial charge on any atom is -0.338 e. The Hall–Kier alpha value is -4.44. The summed E-state index contributed by atoms with van der Waals surface area (Å²) in [6, 6.07) is 33.0. The highest BCUT2D eigenvalue weighted by molar-refractivity contribution is 5.81. The van der Waals surface area contributed by atoms with Gasteiger partial charge in [0.15, 0.2) is 0 Å². The lowest BCUT2D eigenvalue weighted by atomic mass is 10.1. The number of fused-ring (bicyclic) bond motifs is 2. The van der Waals surface area contributed by atoms with Crippen molar-refractivity contribution in [1.82, 2.24) is 19.9 Å². The van der Waals surface area contributed by atoms with E-state index in [1.807, 2.05) is 48.5 Å². The SMILES string of the molecule is C(=C\c1ccc(-c2nc3ccccc3[nH]2)cc1)/c1ccc(-c2nc3ccccc3[nH]2)cc1. The van der Waals surface area contributed by atoms with E-state index < -0.39 is 0 Å². The summed E-state index contributed by atoms with van der Waals surface area (Å²) in [6.07, 6.45) is 4.25. The molecule has 0 spiro atoms. The Kier molecular flexibility index (Phi) is 4.40. The average Bonchev–Trinajstić information content (AvgIpc) is 3.48. The molecular weight excluding hydrogens is 392 g/mol. The molecule has 0 saturated carbocycles. The molecule has 0 fully saturated rings. The van der Waals surface area contributed by atoms with Gasteiger partial charge in [-0.1, -0.05) is 84.9 Å². The van der Waals surface area contributed by atoms with E-state index in [0.717, 1.165) is 56.0 Å². The number of nitrogens with zero attached hydrogens (tertiary/aromatic N) is 2. The van der Waals surface area contributed by atoms with E-state index in [4.69, 9.17) is 0 Å². The summed E-state index contributed by atoms with van der Waals surface area (Å²) >= 11 is 0. The van der Waals surface area contributed by atoms with Crippen LogP contribution < -0.4 is 0 Å². The lowest BCUT2D eigenvalue weighted by molar-refractivity contribution is 1.33. The number of hydrogen-bond donors (Lipinski definition) is 2. The predicted octanol–water partition coefficient (Wildman–Crippen LogP) is 6.94. The van der Waals surface area contributed by atoms with Gasteiger partial charge in [0, 0.05) is 11.1 Å². The molecule has 2 aromatic heterocycles. The molecule has 152 valence electrons. The molecule has 2 heterocycles. The Bertz CT molecular complexity index is 1370. The number of aromatic amines is 2. The molecule has 6 aromatic rings. The van der Waals surface area contributed by atoms with Crippen molar-refractivity contribution in [2.24, 2.45) is 0 Å². The van der Waals surface area contributed by atoms with E-state index >= 15 is 0 Å². The van der Waals surface area contributed by atoms with Crippen LogP contribution in [-0.2, 0) is 0 Å². The highest BCUT2D eigenvalue weighted by atomic mass is 14.9. The summed E-state index contributed by atoms with van der Waals surface area (Å²) in [5.41, 5.74) is 8.52. The normalized spacial score (nSPS) is 11.6. The Balaban J connectivity index is 1.19. The average molecular weight is 412 g/mol. The first kappa shape index (κ1) is 18.3. The van der Waals surface area contributed by atoms with Gasteiger partial charge >= 0.3 is 0 Å². The molecule has 0 atom stereocenters. The molecule has 0 aliphatic heterocycles. The van der Waals surface area contributed by atoms with Crippen molar-refractivity contribution in [3.63, 3.8) is 0 Å². The van der Waals surface area contributed by atoms with Crippen LogP contribution in [0.5, 0.6) is 0 Å². The zero-order chi connectivity index (χ0) is 21.3. The quantitative estimate of drug-likeness (QED) is 0.308. The molecule has 0 saturated heterocycles. The fourth-order valence-corrected chi connectivity index (χ4v) is 3.88. The summed E-state index contributed by atoms with van der Waals surface area (Å²) in [5.74, 6) is 1.78. The van der Waals surface area contributed by atoms with Crippen LogP contribution in [0.4, 0.5) is 0 Å². The number of hydrogen-bond acceptors (Lipinski definition) is 2. The molecule has 32 heavy (non-hydrogen) atoms. The second kappa shape index (κ2) is 7.67. The number of para-hydroxylation sites is 4. The minimum atomic E-state index is 0.892. The second-order valence-corrected chi connectivity index (χ2v) is 7.78. The van der Waals surface area contributed by atoms with Crippen LogP contribution in [-0.4, -0.2) is 19.9 Å². The molecule has 0 aliphatic rings. The van der Waals surface area contributed by atoms with Crippen molar-refractivity contribution < 1.29 is 0 Å². The van der Waals surface area contributed by atoms with Crippen LogP contribution in [0, 0.1) is 0 Å². The second-order valence-electron chi connectivity index (χ2n) is 7.78. The third kappa shape index (κ3) is 3.48. The zero-order valence-electron chi connectivity index (χ0n) is 17.3. The topological polar surface area (TPSA) is 57.4 Å². The maximum atomic E-state index is 4.67. The third-order valence-electron chi connectivity index (χ3n) is 5.62. The maximum Gasteiger partial charge on any atom is 0.138 e. The van der Waals surface area contributed by atoms with Crippen molar-refractivity contribution in [2.45, 2.75) is 0 Å². The fourth-order valence-electron chi connectivity index (χ4n) is 3.88. The van der Waals surface area contributed by atoms with Gasteiger partial charge in [-0.2, -0.15) is 0 Å². The summed E-state index contributed by atoms with van der Waals surface area (Å²) < 4.78 is 0. The van der Waals surface area contributed by atoms with Crippen molar-refractivity contribution in [3.05, 3.63) is 108 Å². The molecule has 4 aromatic carbocycles. The fraction of sp³-hybridized carbons (Fsp3) is 0. The van der Waals surface area contributed by atoms with Crippen molar-refractivity contribution in [1.29, 1.82) is 0 Å². The lowest BCUT2D eigenvalue weighted by Crippen LogP contribution is -1.82. The summed E-state index contributed by atoms with van der Waals surface area (Å²) in [6.45, 7) is 0. The van der Waals surface area contributed by atoms with Gasteiger partial charge in [-0.3, -0.25) is 0 Å². The molecule has 0 unspecified atom stereocenters. The lowest BCUT2D eigenvalue weighted by Gasteiger charge is -2.00. The Labute approximate surface area is 185 Å². The van der Waals surface area contributed by atoms with Crippen LogP contribution in [0.25, 0.3) is 57.0 Å². The van der Waals surface area contributed by atoms with Gasteiger partial charge in [-0.15, -0.1) is 0 Å². The van der Waals surface area contributed by atoms with Crippen molar-refractivity contribution in [3.8, 4) is 22.8 Å². The molecule has 4 nitrogen and oxygen atoms in total. The van der Waals surface area contributed by atoms with Crippen molar-refractivity contribution in [2.75, 3.05) is 0 Å². The van der Waals surface area contributed by atoms with Gasteiger partial charge in [-0.05, 0) is 35.4 Å². The largest absolute Gasteiger partial charge is 0.338 e. The Morgan fingerprint density at radius 2 is 0.875 bits per heavy atom. The molecule has 2 N–H and O–H groups in total. The highest BCUT2D eigenvalue weighted by Crippen LogP contribution is 2.23. The molecule has 0 bridgehead atoms. The molecule has 0 amide bonds. The third-order valence-corrected chi connectivity index (χ3v) is 5.62. The van der Waals surface area contributed by atoms with E-state index in [0.29, 0.717) is 0 Å². The van der Waals surface area contributed by atoms with E-state index in [1.54, 1.807) is 0 Å². The van der Waals surface area contributed by atoms with Crippen LogP contribution in [0.3, 0.4) is 0 Å².